The number of hydrogen-bond donors (Lipinski definition) is 0. The fraction of sp³-hybridized carbons (Fsp3) is 0.250. The normalized spacial score (nSPS) is 10.7. The molecule has 0 aliphatic heterocycles. The average Bonchev–Trinajstić information content (AvgIpc) is 3.06. The van der Waals surface area contributed by atoms with Crippen molar-refractivity contribution >= 4 is 17.5 Å². The van der Waals surface area contributed by atoms with Gasteiger partial charge in [0, 0.05) is 18.7 Å². The fourth-order valence-electron chi connectivity index (χ4n) is 2.71. The van der Waals surface area contributed by atoms with Crippen molar-refractivity contribution in [3.63, 3.8) is 0 Å². The number of ketones is 1. The zero-order valence-corrected chi connectivity index (χ0v) is 16.5. The number of rotatable bonds is 7. The minimum absolute atomic E-state index is 0.0420. The van der Waals surface area contributed by atoms with E-state index in [1.807, 2.05) is 36.7 Å². The van der Waals surface area contributed by atoms with Crippen LogP contribution in [0.1, 0.15) is 15.9 Å². The van der Waals surface area contributed by atoms with Gasteiger partial charge in [0.1, 0.15) is 11.5 Å². The number of aryl methyl sites for hydroxylation is 1. The summed E-state index contributed by atoms with van der Waals surface area (Å²) in [6.45, 7) is 2.04. The third kappa shape index (κ3) is 4.14. The molecule has 1 heterocycles. The summed E-state index contributed by atoms with van der Waals surface area (Å²) in [7, 11) is 5.01. The zero-order chi connectivity index (χ0) is 19.4. The van der Waals surface area contributed by atoms with Gasteiger partial charge in [-0.2, -0.15) is 0 Å². The standard InChI is InChI=1S/C20H21N3O3S/c1-13-6-5-7-14(10-13)19-21-22-20(23(19)2)27-12-17(24)16-9-8-15(25-3)11-18(16)26-4/h5-11H,12H2,1-4H3. The second kappa shape index (κ2) is 8.26. The first kappa shape index (κ1) is 19.0. The van der Waals surface area contributed by atoms with Gasteiger partial charge in [-0.05, 0) is 25.1 Å². The number of Topliss-reactive ketones (excluding diaryl/α,β-unsaturated/α-hetero) is 1. The first-order valence-electron chi connectivity index (χ1n) is 8.38. The van der Waals surface area contributed by atoms with E-state index in [2.05, 4.69) is 16.3 Å². The SMILES string of the molecule is COc1ccc(C(=O)CSc2nnc(-c3cccc(C)c3)n2C)c(OC)c1. The lowest BCUT2D eigenvalue weighted by molar-refractivity contribution is 0.101. The van der Waals surface area contributed by atoms with E-state index < -0.39 is 0 Å². The van der Waals surface area contributed by atoms with E-state index in [0.29, 0.717) is 22.2 Å². The monoisotopic (exact) mass is 383 g/mol. The summed E-state index contributed by atoms with van der Waals surface area (Å²) >= 11 is 1.35. The Kier molecular flexibility index (Phi) is 5.81. The van der Waals surface area contributed by atoms with E-state index in [4.69, 9.17) is 9.47 Å². The molecule has 0 bridgehead atoms. The lowest BCUT2D eigenvalue weighted by Crippen LogP contribution is -2.06. The van der Waals surface area contributed by atoms with Crippen molar-refractivity contribution in [3.8, 4) is 22.9 Å². The van der Waals surface area contributed by atoms with Crippen LogP contribution in [0.15, 0.2) is 47.6 Å². The molecular formula is C20H21N3O3S. The van der Waals surface area contributed by atoms with E-state index in [1.165, 1.54) is 18.9 Å². The molecule has 0 saturated heterocycles. The van der Waals surface area contributed by atoms with E-state index in [-0.39, 0.29) is 11.5 Å². The maximum atomic E-state index is 12.6. The number of carbonyl (C=O) groups is 1. The maximum absolute atomic E-state index is 12.6. The van der Waals surface area contributed by atoms with Gasteiger partial charge in [-0.25, -0.2) is 0 Å². The highest BCUT2D eigenvalue weighted by Crippen LogP contribution is 2.28. The summed E-state index contributed by atoms with van der Waals surface area (Å²) in [4.78, 5) is 12.6. The third-order valence-electron chi connectivity index (χ3n) is 4.15. The van der Waals surface area contributed by atoms with Gasteiger partial charge in [-0.1, -0.05) is 35.5 Å². The molecule has 0 saturated carbocycles. The number of benzene rings is 2. The van der Waals surface area contributed by atoms with Gasteiger partial charge in [0.05, 0.1) is 25.5 Å². The van der Waals surface area contributed by atoms with Crippen molar-refractivity contribution in [3.05, 3.63) is 53.6 Å². The number of methoxy groups -OCH3 is 2. The molecule has 0 spiro atoms. The number of nitrogens with zero attached hydrogens (tertiary/aromatic N) is 3. The molecule has 0 aliphatic rings. The van der Waals surface area contributed by atoms with Crippen molar-refractivity contribution in [2.24, 2.45) is 7.05 Å². The molecule has 27 heavy (non-hydrogen) atoms. The Morgan fingerprint density at radius 3 is 2.63 bits per heavy atom. The van der Waals surface area contributed by atoms with Crippen molar-refractivity contribution in [1.29, 1.82) is 0 Å². The topological polar surface area (TPSA) is 66.2 Å². The number of aromatic nitrogens is 3. The molecule has 6 nitrogen and oxygen atoms in total. The van der Waals surface area contributed by atoms with E-state index >= 15 is 0 Å². The van der Waals surface area contributed by atoms with E-state index in [9.17, 15) is 4.79 Å². The second-order valence-corrected chi connectivity index (χ2v) is 6.96. The lowest BCUT2D eigenvalue weighted by Gasteiger charge is -2.09. The molecule has 3 rings (SSSR count). The highest BCUT2D eigenvalue weighted by molar-refractivity contribution is 7.99. The third-order valence-corrected chi connectivity index (χ3v) is 5.17. The lowest BCUT2D eigenvalue weighted by atomic mass is 10.1. The van der Waals surface area contributed by atoms with Crippen LogP contribution in [0.5, 0.6) is 11.5 Å². The van der Waals surface area contributed by atoms with Crippen LogP contribution in [-0.4, -0.2) is 40.5 Å². The Morgan fingerprint density at radius 1 is 1.11 bits per heavy atom. The fourth-order valence-corrected chi connectivity index (χ4v) is 3.51. The molecule has 0 radical (unpaired) electrons. The summed E-state index contributed by atoms with van der Waals surface area (Å²) in [6.07, 6.45) is 0. The Morgan fingerprint density at radius 2 is 1.93 bits per heavy atom. The summed E-state index contributed by atoms with van der Waals surface area (Å²) in [6, 6.07) is 13.3. The molecule has 140 valence electrons. The number of ether oxygens (including phenoxy) is 2. The van der Waals surface area contributed by atoms with Gasteiger partial charge >= 0.3 is 0 Å². The summed E-state index contributed by atoms with van der Waals surface area (Å²) < 4.78 is 12.4. The molecule has 0 amide bonds. The molecule has 1 aromatic heterocycles. The van der Waals surface area contributed by atoms with Gasteiger partial charge in [-0.3, -0.25) is 4.79 Å². The quantitative estimate of drug-likeness (QED) is 0.457. The molecular weight excluding hydrogens is 362 g/mol. The van der Waals surface area contributed by atoms with E-state index in [1.54, 1.807) is 25.3 Å². The average molecular weight is 383 g/mol. The highest BCUT2D eigenvalue weighted by Gasteiger charge is 2.17. The largest absolute Gasteiger partial charge is 0.497 e. The zero-order valence-electron chi connectivity index (χ0n) is 15.7. The molecule has 0 N–H and O–H groups in total. The minimum Gasteiger partial charge on any atom is -0.497 e. The molecule has 0 unspecified atom stereocenters. The van der Waals surface area contributed by atoms with Crippen LogP contribution in [0.25, 0.3) is 11.4 Å². The molecule has 0 atom stereocenters. The first-order valence-corrected chi connectivity index (χ1v) is 9.36. The molecule has 7 heteroatoms. The second-order valence-electron chi connectivity index (χ2n) is 6.01. The van der Waals surface area contributed by atoms with Crippen LogP contribution in [0.3, 0.4) is 0 Å². The minimum atomic E-state index is -0.0420. The molecule has 0 fully saturated rings. The summed E-state index contributed by atoms with van der Waals surface area (Å²) in [5.41, 5.74) is 2.68. The Bertz CT molecular complexity index is 969. The van der Waals surface area contributed by atoms with Gasteiger partial charge in [-0.15, -0.1) is 10.2 Å². The molecule has 0 aliphatic carbocycles. The predicted molar refractivity (Wildman–Crippen MR) is 106 cm³/mol. The number of carbonyl (C=O) groups excluding carboxylic acids is 1. The first-order chi connectivity index (χ1) is 13.0. The van der Waals surface area contributed by atoms with Gasteiger partial charge in [0.2, 0.25) is 0 Å². The summed E-state index contributed by atoms with van der Waals surface area (Å²) in [5.74, 6) is 2.11. The van der Waals surface area contributed by atoms with Gasteiger partial charge in [0.25, 0.3) is 0 Å². The molecule has 2 aromatic carbocycles. The van der Waals surface area contributed by atoms with Gasteiger partial charge < -0.3 is 14.0 Å². The van der Waals surface area contributed by atoms with Crippen LogP contribution < -0.4 is 9.47 Å². The number of hydrogen-bond acceptors (Lipinski definition) is 6. The Balaban J connectivity index is 1.75. The van der Waals surface area contributed by atoms with Crippen LogP contribution in [0.2, 0.25) is 0 Å². The maximum Gasteiger partial charge on any atom is 0.191 e. The van der Waals surface area contributed by atoms with Crippen molar-refractivity contribution in [2.75, 3.05) is 20.0 Å². The highest BCUT2D eigenvalue weighted by atomic mass is 32.2. The Hall–Kier alpha value is -2.80. The van der Waals surface area contributed by atoms with Crippen molar-refractivity contribution in [1.82, 2.24) is 14.8 Å². The Labute approximate surface area is 162 Å². The van der Waals surface area contributed by atoms with Crippen LogP contribution in [0.4, 0.5) is 0 Å². The summed E-state index contributed by atoms with van der Waals surface area (Å²) in [5, 5.41) is 9.19. The molecule has 3 aromatic rings. The smallest absolute Gasteiger partial charge is 0.191 e. The van der Waals surface area contributed by atoms with Crippen LogP contribution >= 0.6 is 11.8 Å². The van der Waals surface area contributed by atoms with Crippen molar-refractivity contribution < 1.29 is 14.3 Å². The van der Waals surface area contributed by atoms with E-state index in [0.717, 1.165) is 17.0 Å². The van der Waals surface area contributed by atoms with Crippen LogP contribution in [0, 0.1) is 6.92 Å². The number of thioether (sulfide) groups is 1. The van der Waals surface area contributed by atoms with Gasteiger partial charge in [0.15, 0.2) is 16.8 Å². The van der Waals surface area contributed by atoms with Crippen LogP contribution in [-0.2, 0) is 7.05 Å². The predicted octanol–water partition coefficient (Wildman–Crippen LogP) is 3.78. The van der Waals surface area contributed by atoms with Crippen molar-refractivity contribution in [2.45, 2.75) is 12.1 Å².